The maximum Gasteiger partial charge on any atom is 0.268 e. The van der Waals surface area contributed by atoms with Crippen molar-refractivity contribution in [1.29, 1.82) is 0 Å². The minimum absolute atomic E-state index is 0.239. The zero-order valence-electron chi connectivity index (χ0n) is 12.5. The highest BCUT2D eigenvalue weighted by molar-refractivity contribution is 9.11. The standard InChI is InChI=1S/C17H13BrF2N2OS/c1-2-5-21-17(23)14-7-15-13(8-16(18)24-15)22(14)9-10-3-4-11(19)12(20)6-10/h2-4,6-8H,1,5,9H2,(H,21,23). The van der Waals surface area contributed by atoms with Crippen LogP contribution in [0.25, 0.3) is 10.2 Å². The van der Waals surface area contributed by atoms with Crippen molar-refractivity contribution in [2.75, 3.05) is 6.54 Å². The maximum atomic E-state index is 13.5. The first-order valence-corrected chi connectivity index (χ1v) is 8.72. The summed E-state index contributed by atoms with van der Waals surface area (Å²) in [7, 11) is 0. The molecule has 0 bridgehead atoms. The molecule has 0 aliphatic rings. The first-order chi connectivity index (χ1) is 11.5. The molecule has 1 aromatic carbocycles. The molecule has 124 valence electrons. The monoisotopic (exact) mass is 410 g/mol. The van der Waals surface area contributed by atoms with Crippen LogP contribution in [0.2, 0.25) is 0 Å². The molecule has 0 unspecified atom stereocenters. The summed E-state index contributed by atoms with van der Waals surface area (Å²) in [4.78, 5) is 12.4. The summed E-state index contributed by atoms with van der Waals surface area (Å²) in [5.41, 5.74) is 1.90. The van der Waals surface area contributed by atoms with Crippen molar-refractivity contribution < 1.29 is 13.6 Å². The first-order valence-electron chi connectivity index (χ1n) is 7.11. The van der Waals surface area contributed by atoms with E-state index in [-0.39, 0.29) is 12.5 Å². The summed E-state index contributed by atoms with van der Waals surface area (Å²) in [5.74, 6) is -2.03. The largest absolute Gasteiger partial charge is 0.347 e. The Morgan fingerprint density at radius 3 is 2.79 bits per heavy atom. The fourth-order valence-electron chi connectivity index (χ4n) is 2.45. The van der Waals surface area contributed by atoms with Gasteiger partial charge in [0.05, 0.1) is 14.0 Å². The van der Waals surface area contributed by atoms with Crippen LogP contribution >= 0.6 is 27.3 Å². The lowest BCUT2D eigenvalue weighted by molar-refractivity contribution is 0.0949. The van der Waals surface area contributed by atoms with Crippen molar-refractivity contribution >= 4 is 43.4 Å². The smallest absolute Gasteiger partial charge is 0.268 e. The molecule has 1 amide bonds. The van der Waals surface area contributed by atoms with Gasteiger partial charge in [-0.3, -0.25) is 4.79 Å². The molecular weight excluding hydrogens is 398 g/mol. The van der Waals surface area contributed by atoms with Gasteiger partial charge < -0.3 is 9.88 Å². The molecular formula is C17H13BrF2N2OS. The van der Waals surface area contributed by atoms with Crippen LogP contribution in [-0.4, -0.2) is 17.0 Å². The highest BCUT2D eigenvalue weighted by Gasteiger charge is 2.18. The molecule has 0 atom stereocenters. The van der Waals surface area contributed by atoms with Gasteiger partial charge in [-0.2, -0.15) is 0 Å². The Kier molecular flexibility index (Phi) is 4.82. The number of aromatic nitrogens is 1. The molecule has 24 heavy (non-hydrogen) atoms. The van der Waals surface area contributed by atoms with E-state index in [4.69, 9.17) is 0 Å². The second-order valence-corrected chi connectivity index (χ2v) is 7.63. The minimum Gasteiger partial charge on any atom is -0.347 e. The molecule has 0 radical (unpaired) electrons. The third-order valence-electron chi connectivity index (χ3n) is 3.52. The Morgan fingerprint density at radius 1 is 1.29 bits per heavy atom. The predicted molar refractivity (Wildman–Crippen MR) is 95.5 cm³/mol. The Morgan fingerprint density at radius 2 is 2.08 bits per heavy atom. The third-order valence-corrected chi connectivity index (χ3v) is 5.10. The fourth-order valence-corrected chi connectivity index (χ4v) is 4.01. The van der Waals surface area contributed by atoms with Crippen LogP contribution in [0.5, 0.6) is 0 Å². The van der Waals surface area contributed by atoms with Crippen LogP contribution in [-0.2, 0) is 6.54 Å². The number of carbonyl (C=O) groups is 1. The van der Waals surface area contributed by atoms with E-state index in [9.17, 15) is 13.6 Å². The lowest BCUT2D eigenvalue weighted by atomic mass is 10.2. The number of thiophene rings is 1. The van der Waals surface area contributed by atoms with E-state index in [0.29, 0.717) is 17.8 Å². The number of halogens is 3. The summed E-state index contributed by atoms with van der Waals surface area (Å²) in [6, 6.07) is 7.45. The van der Waals surface area contributed by atoms with Gasteiger partial charge in [0.1, 0.15) is 5.69 Å². The van der Waals surface area contributed by atoms with E-state index < -0.39 is 11.6 Å². The van der Waals surface area contributed by atoms with Crippen LogP contribution in [0.4, 0.5) is 8.78 Å². The van der Waals surface area contributed by atoms with Gasteiger partial charge in [0, 0.05) is 13.1 Å². The van der Waals surface area contributed by atoms with Gasteiger partial charge in [-0.25, -0.2) is 8.78 Å². The van der Waals surface area contributed by atoms with E-state index in [1.54, 1.807) is 16.7 Å². The fraction of sp³-hybridized carbons (Fsp3) is 0.118. The van der Waals surface area contributed by atoms with Crippen molar-refractivity contribution in [3.63, 3.8) is 0 Å². The van der Waals surface area contributed by atoms with Gasteiger partial charge in [-0.05, 0) is 45.8 Å². The second kappa shape index (κ2) is 6.86. The number of hydrogen-bond acceptors (Lipinski definition) is 2. The van der Waals surface area contributed by atoms with E-state index in [0.717, 1.165) is 26.1 Å². The zero-order valence-corrected chi connectivity index (χ0v) is 14.9. The lowest BCUT2D eigenvalue weighted by Gasteiger charge is -2.10. The molecule has 2 heterocycles. The number of nitrogens with one attached hydrogen (secondary N) is 1. The van der Waals surface area contributed by atoms with Crippen molar-refractivity contribution in [2.24, 2.45) is 0 Å². The molecule has 0 saturated heterocycles. The predicted octanol–water partition coefficient (Wildman–Crippen LogP) is 4.71. The molecule has 2 aromatic heterocycles. The van der Waals surface area contributed by atoms with Gasteiger partial charge in [0.25, 0.3) is 5.91 Å². The summed E-state index contributed by atoms with van der Waals surface area (Å²) in [6.45, 7) is 4.19. The molecule has 0 aliphatic carbocycles. The van der Waals surface area contributed by atoms with Crippen LogP contribution in [0.15, 0.2) is 46.8 Å². The quantitative estimate of drug-likeness (QED) is 0.607. The van der Waals surface area contributed by atoms with E-state index >= 15 is 0 Å². The Labute approximate surface area is 149 Å². The Balaban J connectivity index is 2.04. The summed E-state index contributed by atoms with van der Waals surface area (Å²) < 4.78 is 30.3. The normalized spacial score (nSPS) is 11.0. The SMILES string of the molecule is C=CCNC(=O)c1cc2sc(Br)cc2n1Cc1ccc(F)c(F)c1. The number of rotatable bonds is 5. The third kappa shape index (κ3) is 3.27. The molecule has 3 aromatic rings. The van der Waals surface area contributed by atoms with E-state index in [1.807, 2.05) is 6.07 Å². The van der Waals surface area contributed by atoms with Gasteiger partial charge in [-0.1, -0.05) is 12.1 Å². The first kappa shape index (κ1) is 16.9. The number of fused-ring (bicyclic) bond motifs is 1. The molecule has 0 spiro atoms. The average molecular weight is 411 g/mol. The molecule has 1 N–H and O–H groups in total. The van der Waals surface area contributed by atoms with Crippen LogP contribution in [0.1, 0.15) is 16.1 Å². The number of benzene rings is 1. The van der Waals surface area contributed by atoms with Gasteiger partial charge >= 0.3 is 0 Å². The number of carbonyl (C=O) groups excluding carboxylic acids is 1. The summed E-state index contributed by atoms with van der Waals surface area (Å²) in [5, 5.41) is 2.74. The van der Waals surface area contributed by atoms with Gasteiger partial charge in [0.15, 0.2) is 11.6 Å². The van der Waals surface area contributed by atoms with Crippen LogP contribution < -0.4 is 5.32 Å². The van der Waals surface area contributed by atoms with Crippen LogP contribution in [0.3, 0.4) is 0 Å². The molecule has 7 heteroatoms. The van der Waals surface area contributed by atoms with Crippen molar-refractivity contribution in [1.82, 2.24) is 9.88 Å². The Hall–Kier alpha value is -1.99. The molecule has 3 rings (SSSR count). The number of hydrogen-bond donors (Lipinski definition) is 1. The zero-order chi connectivity index (χ0) is 17.3. The van der Waals surface area contributed by atoms with Crippen LogP contribution in [0, 0.1) is 11.6 Å². The second-order valence-electron chi connectivity index (χ2n) is 5.16. The van der Waals surface area contributed by atoms with Crippen molar-refractivity contribution in [2.45, 2.75) is 6.54 Å². The van der Waals surface area contributed by atoms with Gasteiger partial charge in [-0.15, -0.1) is 17.9 Å². The molecule has 0 aliphatic heterocycles. The van der Waals surface area contributed by atoms with Gasteiger partial charge in [0.2, 0.25) is 0 Å². The highest BCUT2D eigenvalue weighted by atomic mass is 79.9. The minimum atomic E-state index is -0.903. The summed E-state index contributed by atoms with van der Waals surface area (Å²) in [6.07, 6.45) is 1.60. The molecule has 0 saturated carbocycles. The highest BCUT2D eigenvalue weighted by Crippen LogP contribution is 2.33. The average Bonchev–Trinajstić information content (AvgIpc) is 3.06. The van der Waals surface area contributed by atoms with E-state index in [2.05, 4.69) is 27.8 Å². The topological polar surface area (TPSA) is 34.0 Å². The van der Waals surface area contributed by atoms with Crippen molar-refractivity contribution in [3.05, 3.63) is 69.7 Å². The van der Waals surface area contributed by atoms with E-state index in [1.165, 1.54) is 17.4 Å². The maximum absolute atomic E-state index is 13.5. The summed E-state index contributed by atoms with van der Waals surface area (Å²) >= 11 is 4.94. The number of amides is 1. The molecule has 3 nitrogen and oxygen atoms in total. The molecule has 0 fully saturated rings. The lowest BCUT2D eigenvalue weighted by Crippen LogP contribution is -2.26. The Bertz CT molecular complexity index is 932. The van der Waals surface area contributed by atoms with Crippen molar-refractivity contribution in [3.8, 4) is 0 Å². The number of nitrogens with zero attached hydrogens (tertiary/aromatic N) is 1.